The summed E-state index contributed by atoms with van der Waals surface area (Å²) in [4.78, 5) is 0. The van der Waals surface area contributed by atoms with Crippen molar-refractivity contribution in [2.45, 2.75) is 25.7 Å². The van der Waals surface area contributed by atoms with E-state index in [0.717, 1.165) is 29.2 Å². The number of nitrogens with two attached hydrogens (primary N) is 1. The summed E-state index contributed by atoms with van der Waals surface area (Å²) >= 11 is 3.43. The Balaban J connectivity index is 1.92. The molecule has 1 aromatic rings. The predicted octanol–water partition coefficient (Wildman–Crippen LogP) is 3.11. The fraction of sp³-hybridized carbons (Fsp3) is 0.462. The van der Waals surface area contributed by atoms with Crippen LogP contribution in [0.1, 0.15) is 31.2 Å². The van der Waals surface area contributed by atoms with Crippen molar-refractivity contribution >= 4 is 21.8 Å². The fourth-order valence-corrected chi connectivity index (χ4v) is 2.45. The number of halogens is 1. The molecule has 1 saturated carbocycles. The fourth-order valence-electron chi connectivity index (χ4n) is 1.95. The van der Waals surface area contributed by atoms with Crippen molar-refractivity contribution in [1.82, 2.24) is 0 Å². The molecule has 0 saturated heterocycles. The van der Waals surface area contributed by atoms with Gasteiger partial charge >= 0.3 is 0 Å². The van der Waals surface area contributed by atoms with Crippen molar-refractivity contribution in [1.29, 1.82) is 0 Å². The van der Waals surface area contributed by atoms with Gasteiger partial charge in [0.25, 0.3) is 0 Å². The van der Waals surface area contributed by atoms with E-state index in [1.165, 1.54) is 19.3 Å². The second-order valence-corrected chi connectivity index (χ2v) is 5.42. The molecule has 0 aliphatic heterocycles. The number of hydrogen-bond acceptors (Lipinski definition) is 3. The van der Waals surface area contributed by atoms with Gasteiger partial charge in [0, 0.05) is 5.56 Å². The average Bonchev–Trinajstić information content (AvgIpc) is 2.32. The first kappa shape index (κ1) is 13.2. The van der Waals surface area contributed by atoms with Crippen molar-refractivity contribution in [3.8, 4) is 5.75 Å². The van der Waals surface area contributed by atoms with E-state index in [-0.39, 0.29) is 5.84 Å². The summed E-state index contributed by atoms with van der Waals surface area (Å²) in [5.41, 5.74) is 6.18. The van der Waals surface area contributed by atoms with Gasteiger partial charge in [0.05, 0.1) is 11.1 Å². The first-order valence-corrected chi connectivity index (χ1v) is 6.90. The van der Waals surface area contributed by atoms with Crippen LogP contribution in [0.2, 0.25) is 0 Å². The van der Waals surface area contributed by atoms with E-state index >= 15 is 0 Å². The van der Waals surface area contributed by atoms with Crippen LogP contribution in [-0.2, 0) is 0 Å². The van der Waals surface area contributed by atoms with Gasteiger partial charge in [0.2, 0.25) is 0 Å². The number of rotatable bonds is 5. The standard InChI is InChI=1S/C13H17BrN2O2/c14-11-8-10(13(15)16-17)4-5-12(11)18-7-6-9-2-1-3-9/h4-5,8-9,17H,1-3,6-7H2,(H2,15,16). The summed E-state index contributed by atoms with van der Waals surface area (Å²) < 4.78 is 6.54. The molecule has 18 heavy (non-hydrogen) atoms. The predicted molar refractivity (Wildman–Crippen MR) is 74.1 cm³/mol. The summed E-state index contributed by atoms with van der Waals surface area (Å²) in [6.45, 7) is 0.742. The first-order valence-electron chi connectivity index (χ1n) is 6.11. The van der Waals surface area contributed by atoms with Crippen molar-refractivity contribution in [2.24, 2.45) is 16.8 Å². The Bertz CT molecular complexity index is 445. The van der Waals surface area contributed by atoms with Crippen LogP contribution < -0.4 is 10.5 Å². The molecule has 1 aliphatic carbocycles. The number of ether oxygens (including phenoxy) is 1. The van der Waals surface area contributed by atoms with E-state index in [1.807, 2.05) is 6.07 Å². The monoisotopic (exact) mass is 312 g/mol. The molecule has 3 N–H and O–H groups in total. The number of oxime groups is 1. The molecule has 0 aromatic heterocycles. The molecular formula is C13H17BrN2O2. The second-order valence-electron chi connectivity index (χ2n) is 4.56. The minimum atomic E-state index is 0.0942. The van der Waals surface area contributed by atoms with Gasteiger partial charge in [0.1, 0.15) is 5.75 Å². The van der Waals surface area contributed by atoms with E-state index in [0.29, 0.717) is 5.56 Å². The second kappa shape index (κ2) is 6.09. The molecule has 1 fully saturated rings. The van der Waals surface area contributed by atoms with E-state index in [9.17, 15) is 0 Å². The average molecular weight is 313 g/mol. The van der Waals surface area contributed by atoms with Gasteiger partial charge in [-0.15, -0.1) is 0 Å². The molecule has 0 spiro atoms. The summed E-state index contributed by atoms with van der Waals surface area (Å²) in [6, 6.07) is 5.39. The third kappa shape index (κ3) is 3.16. The van der Waals surface area contributed by atoms with Crippen LogP contribution in [0, 0.1) is 5.92 Å². The molecular weight excluding hydrogens is 296 g/mol. The van der Waals surface area contributed by atoms with Gasteiger partial charge < -0.3 is 15.7 Å². The van der Waals surface area contributed by atoms with E-state index in [4.69, 9.17) is 15.7 Å². The van der Waals surface area contributed by atoms with Crippen LogP contribution in [0.5, 0.6) is 5.75 Å². The highest BCUT2D eigenvalue weighted by Crippen LogP contribution is 2.30. The zero-order valence-corrected chi connectivity index (χ0v) is 11.7. The third-order valence-corrected chi connectivity index (χ3v) is 3.96. The minimum absolute atomic E-state index is 0.0942. The number of benzene rings is 1. The Kier molecular flexibility index (Phi) is 4.47. The van der Waals surface area contributed by atoms with Crippen LogP contribution in [0.25, 0.3) is 0 Å². The van der Waals surface area contributed by atoms with E-state index < -0.39 is 0 Å². The smallest absolute Gasteiger partial charge is 0.170 e. The molecule has 98 valence electrons. The lowest BCUT2D eigenvalue weighted by atomic mass is 9.83. The van der Waals surface area contributed by atoms with Gasteiger partial charge in [-0.3, -0.25) is 0 Å². The Morgan fingerprint density at radius 3 is 2.83 bits per heavy atom. The van der Waals surface area contributed by atoms with Crippen molar-refractivity contribution in [3.63, 3.8) is 0 Å². The molecule has 4 nitrogen and oxygen atoms in total. The van der Waals surface area contributed by atoms with Gasteiger partial charge in [-0.05, 0) is 46.5 Å². The SMILES string of the molecule is N/C(=N/O)c1ccc(OCCC2CCC2)c(Br)c1. The van der Waals surface area contributed by atoms with Crippen LogP contribution in [0.15, 0.2) is 27.8 Å². The highest BCUT2D eigenvalue weighted by atomic mass is 79.9. The lowest BCUT2D eigenvalue weighted by Crippen LogP contribution is -2.15. The normalized spacial score (nSPS) is 16.4. The number of hydrogen-bond donors (Lipinski definition) is 2. The molecule has 0 amide bonds. The summed E-state index contributed by atoms with van der Waals surface area (Å²) in [6.07, 6.45) is 5.16. The Hall–Kier alpha value is -1.23. The molecule has 0 atom stereocenters. The molecule has 1 aromatic carbocycles. The van der Waals surface area contributed by atoms with Gasteiger partial charge in [-0.25, -0.2) is 0 Å². The Morgan fingerprint density at radius 2 is 2.28 bits per heavy atom. The maximum Gasteiger partial charge on any atom is 0.170 e. The van der Waals surface area contributed by atoms with E-state index in [2.05, 4.69) is 21.1 Å². The summed E-state index contributed by atoms with van der Waals surface area (Å²) in [5.74, 6) is 1.74. The molecule has 0 radical (unpaired) electrons. The first-order chi connectivity index (χ1) is 8.70. The summed E-state index contributed by atoms with van der Waals surface area (Å²) in [7, 11) is 0. The summed E-state index contributed by atoms with van der Waals surface area (Å²) in [5, 5.41) is 11.6. The Morgan fingerprint density at radius 1 is 1.50 bits per heavy atom. The van der Waals surface area contributed by atoms with Crippen LogP contribution in [0.3, 0.4) is 0 Å². The van der Waals surface area contributed by atoms with Crippen LogP contribution in [0.4, 0.5) is 0 Å². The molecule has 0 heterocycles. The molecule has 0 unspecified atom stereocenters. The van der Waals surface area contributed by atoms with E-state index in [1.54, 1.807) is 12.1 Å². The van der Waals surface area contributed by atoms with Gasteiger partial charge in [0.15, 0.2) is 5.84 Å². The van der Waals surface area contributed by atoms with Crippen molar-refractivity contribution < 1.29 is 9.94 Å². The minimum Gasteiger partial charge on any atom is -0.492 e. The third-order valence-electron chi connectivity index (χ3n) is 3.34. The van der Waals surface area contributed by atoms with Crippen molar-refractivity contribution in [3.05, 3.63) is 28.2 Å². The topological polar surface area (TPSA) is 67.8 Å². The maximum absolute atomic E-state index is 8.60. The maximum atomic E-state index is 8.60. The van der Waals surface area contributed by atoms with Gasteiger partial charge in [-0.2, -0.15) is 0 Å². The quantitative estimate of drug-likeness (QED) is 0.380. The molecule has 2 rings (SSSR count). The molecule has 0 bridgehead atoms. The number of nitrogens with zero attached hydrogens (tertiary/aromatic N) is 1. The highest BCUT2D eigenvalue weighted by molar-refractivity contribution is 9.10. The van der Waals surface area contributed by atoms with Crippen LogP contribution in [-0.4, -0.2) is 17.6 Å². The largest absolute Gasteiger partial charge is 0.492 e. The van der Waals surface area contributed by atoms with Crippen molar-refractivity contribution in [2.75, 3.05) is 6.61 Å². The zero-order valence-electron chi connectivity index (χ0n) is 10.1. The molecule has 5 heteroatoms. The number of amidine groups is 1. The highest BCUT2D eigenvalue weighted by Gasteiger charge is 2.17. The lowest BCUT2D eigenvalue weighted by molar-refractivity contribution is 0.221. The molecule has 1 aliphatic rings. The van der Waals surface area contributed by atoms with Crippen LogP contribution >= 0.6 is 15.9 Å². The van der Waals surface area contributed by atoms with Gasteiger partial charge in [-0.1, -0.05) is 24.4 Å². The Labute approximate surface area is 115 Å². The zero-order chi connectivity index (χ0) is 13.0. The lowest BCUT2D eigenvalue weighted by Gasteiger charge is -2.25.